The molecule has 33 heavy (non-hydrogen) atoms. The average molecular weight is 451 g/mol. The van der Waals surface area contributed by atoms with Crippen LogP contribution in [0.1, 0.15) is 48.9 Å². The SMILES string of the molecule is O=C(NCC(=O)N1CC(C2CCCCC2)CC1C(=O)O)c1ccc(Oc2ccccc2)cc1. The van der Waals surface area contributed by atoms with Crippen LogP contribution in [-0.4, -0.2) is 46.9 Å². The number of nitrogens with one attached hydrogen (secondary N) is 1. The lowest BCUT2D eigenvalue weighted by Crippen LogP contribution is -2.45. The van der Waals surface area contributed by atoms with Crippen LogP contribution in [0.25, 0.3) is 0 Å². The third-order valence-corrected chi connectivity index (χ3v) is 6.75. The van der Waals surface area contributed by atoms with Crippen molar-refractivity contribution < 1.29 is 24.2 Å². The molecule has 7 heteroatoms. The second kappa shape index (κ2) is 10.5. The number of hydrogen-bond donors (Lipinski definition) is 2. The van der Waals surface area contributed by atoms with E-state index < -0.39 is 12.0 Å². The minimum atomic E-state index is -0.970. The summed E-state index contributed by atoms with van der Waals surface area (Å²) in [6, 6.07) is 15.2. The maximum Gasteiger partial charge on any atom is 0.326 e. The third-order valence-electron chi connectivity index (χ3n) is 6.75. The molecule has 1 heterocycles. The molecule has 174 valence electrons. The summed E-state index contributed by atoms with van der Waals surface area (Å²) in [5.74, 6) is 0.312. The first-order valence-electron chi connectivity index (χ1n) is 11.6. The summed E-state index contributed by atoms with van der Waals surface area (Å²) in [5, 5.41) is 12.3. The van der Waals surface area contributed by atoms with Gasteiger partial charge in [-0.25, -0.2) is 4.79 Å². The first-order valence-corrected chi connectivity index (χ1v) is 11.6. The lowest BCUT2D eigenvalue weighted by atomic mass is 9.79. The van der Waals surface area contributed by atoms with Crippen molar-refractivity contribution in [3.8, 4) is 11.5 Å². The first kappa shape index (κ1) is 22.8. The summed E-state index contributed by atoms with van der Waals surface area (Å²) in [6.45, 7) is 0.240. The fourth-order valence-electron chi connectivity index (χ4n) is 4.98. The Morgan fingerprint density at radius 1 is 0.909 bits per heavy atom. The lowest BCUT2D eigenvalue weighted by Gasteiger charge is -2.27. The van der Waals surface area contributed by atoms with Crippen LogP contribution in [-0.2, 0) is 9.59 Å². The lowest BCUT2D eigenvalue weighted by molar-refractivity contribution is -0.147. The molecular formula is C26H30N2O5. The van der Waals surface area contributed by atoms with Crippen LogP contribution in [0, 0.1) is 11.8 Å². The van der Waals surface area contributed by atoms with E-state index in [9.17, 15) is 19.5 Å². The summed E-state index contributed by atoms with van der Waals surface area (Å²) >= 11 is 0. The highest BCUT2D eigenvalue weighted by atomic mass is 16.5. The fourth-order valence-corrected chi connectivity index (χ4v) is 4.98. The predicted octanol–water partition coefficient (Wildman–Crippen LogP) is 4.09. The fraction of sp³-hybridized carbons (Fsp3) is 0.423. The maximum atomic E-state index is 12.8. The van der Waals surface area contributed by atoms with Gasteiger partial charge in [-0.1, -0.05) is 50.3 Å². The average Bonchev–Trinajstić information content (AvgIpc) is 3.30. The quantitative estimate of drug-likeness (QED) is 0.662. The van der Waals surface area contributed by atoms with E-state index in [-0.39, 0.29) is 24.3 Å². The van der Waals surface area contributed by atoms with Crippen molar-refractivity contribution in [2.24, 2.45) is 11.8 Å². The molecule has 2 atom stereocenters. The molecule has 2 aromatic carbocycles. The van der Waals surface area contributed by atoms with Gasteiger partial charge < -0.3 is 20.1 Å². The standard InChI is InChI=1S/C26H30N2O5/c29-24(28-17-20(15-23(28)26(31)32)18-7-3-1-4-8-18)16-27-25(30)19-11-13-22(14-12-19)33-21-9-5-2-6-10-21/h2,5-6,9-14,18,20,23H,1,3-4,7-8,15-17H2,(H,27,30)(H,31,32). The van der Waals surface area contributed by atoms with Crippen LogP contribution in [0.15, 0.2) is 54.6 Å². The Kier molecular flexibility index (Phi) is 7.27. The number of likely N-dealkylation sites (tertiary alicyclic amines) is 1. The first-order chi connectivity index (χ1) is 16.0. The molecule has 0 spiro atoms. The molecule has 0 aromatic heterocycles. The normalized spacial score (nSPS) is 20.9. The molecular weight excluding hydrogens is 420 g/mol. The number of carboxylic acids is 1. The van der Waals surface area contributed by atoms with Crippen LogP contribution in [0.2, 0.25) is 0 Å². The molecule has 0 radical (unpaired) electrons. The van der Waals surface area contributed by atoms with E-state index in [2.05, 4.69) is 5.32 Å². The molecule has 1 saturated carbocycles. The summed E-state index contributed by atoms with van der Waals surface area (Å²) < 4.78 is 5.72. The summed E-state index contributed by atoms with van der Waals surface area (Å²) in [4.78, 5) is 38.5. The zero-order chi connectivity index (χ0) is 23.2. The number of carboxylic acid groups (broad SMARTS) is 1. The van der Waals surface area contributed by atoms with E-state index in [0.29, 0.717) is 35.9 Å². The Morgan fingerprint density at radius 2 is 1.58 bits per heavy atom. The van der Waals surface area contributed by atoms with Gasteiger partial charge in [-0.15, -0.1) is 0 Å². The Bertz CT molecular complexity index is 970. The highest BCUT2D eigenvalue weighted by Crippen LogP contribution is 2.37. The van der Waals surface area contributed by atoms with Gasteiger partial charge in [0.05, 0.1) is 6.54 Å². The van der Waals surface area contributed by atoms with Crippen LogP contribution in [0.5, 0.6) is 11.5 Å². The predicted molar refractivity (Wildman–Crippen MR) is 123 cm³/mol. The van der Waals surface area contributed by atoms with Crippen LogP contribution >= 0.6 is 0 Å². The Hall–Kier alpha value is -3.35. The number of aliphatic carboxylic acids is 1. The number of carbonyl (C=O) groups is 3. The van der Waals surface area contributed by atoms with Crippen molar-refractivity contribution in [1.29, 1.82) is 0 Å². The topological polar surface area (TPSA) is 95.9 Å². The van der Waals surface area contributed by atoms with Crippen LogP contribution in [0.4, 0.5) is 0 Å². The molecule has 7 nitrogen and oxygen atoms in total. The van der Waals surface area contributed by atoms with Crippen LogP contribution < -0.4 is 10.1 Å². The van der Waals surface area contributed by atoms with Gasteiger partial charge in [-0.05, 0) is 54.7 Å². The zero-order valence-corrected chi connectivity index (χ0v) is 18.6. The number of nitrogens with zero attached hydrogens (tertiary/aromatic N) is 1. The Balaban J connectivity index is 1.31. The molecule has 2 aliphatic rings. The van der Waals surface area contributed by atoms with Crippen molar-refractivity contribution in [3.63, 3.8) is 0 Å². The van der Waals surface area contributed by atoms with Crippen molar-refractivity contribution in [1.82, 2.24) is 10.2 Å². The largest absolute Gasteiger partial charge is 0.480 e. The summed E-state index contributed by atoms with van der Waals surface area (Å²) in [6.07, 6.45) is 6.32. The highest BCUT2D eigenvalue weighted by molar-refractivity contribution is 5.97. The van der Waals surface area contributed by atoms with E-state index in [0.717, 1.165) is 12.8 Å². The molecule has 1 aliphatic heterocycles. The second-order valence-corrected chi connectivity index (χ2v) is 8.92. The maximum absolute atomic E-state index is 12.8. The van der Waals surface area contributed by atoms with Gasteiger partial charge >= 0.3 is 5.97 Å². The summed E-state index contributed by atoms with van der Waals surface area (Å²) in [5.41, 5.74) is 0.402. The summed E-state index contributed by atoms with van der Waals surface area (Å²) in [7, 11) is 0. The van der Waals surface area contributed by atoms with Crippen molar-refractivity contribution in [2.45, 2.75) is 44.6 Å². The number of hydrogen-bond acceptors (Lipinski definition) is 4. The van der Waals surface area contributed by atoms with Gasteiger partial charge in [-0.3, -0.25) is 9.59 Å². The number of ether oxygens (including phenoxy) is 1. The van der Waals surface area contributed by atoms with E-state index in [1.54, 1.807) is 24.3 Å². The van der Waals surface area contributed by atoms with Gasteiger partial charge in [0.25, 0.3) is 5.91 Å². The monoisotopic (exact) mass is 450 g/mol. The minimum absolute atomic E-state index is 0.220. The number of benzene rings is 2. The third kappa shape index (κ3) is 5.72. The number of carbonyl (C=O) groups excluding carboxylic acids is 2. The van der Waals surface area contributed by atoms with Crippen molar-refractivity contribution >= 4 is 17.8 Å². The number of amides is 2. The molecule has 2 fully saturated rings. The molecule has 2 amide bonds. The Labute approximate surface area is 193 Å². The van der Waals surface area contributed by atoms with E-state index in [4.69, 9.17) is 4.74 Å². The molecule has 2 N–H and O–H groups in total. The molecule has 2 aromatic rings. The second-order valence-electron chi connectivity index (χ2n) is 8.92. The zero-order valence-electron chi connectivity index (χ0n) is 18.6. The number of rotatable bonds is 7. The van der Waals surface area contributed by atoms with Gasteiger partial charge in [0.2, 0.25) is 5.91 Å². The van der Waals surface area contributed by atoms with E-state index in [1.165, 1.54) is 24.2 Å². The molecule has 1 aliphatic carbocycles. The van der Waals surface area contributed by atoms with Gasteiger partial charge in [0.15, 0.2) is 0 Å². The number of para-hydroxylation sites is 1. The van der Waals surface area contributed by atoms with Gasteiger partial charge in [0.1, 0.15) is 17.5 Å². The van der Waals surface area contributed by atoms with Gasteiger partial charge in [0, 0.05) is 12.1 Å². The van der Waals surface area contributed by atoms with Crippen LogP contribution in [0.3, 0.4) is 0 Å². The van der Waals surface area contributed by atoms with E-state index >= 15 is 0 Å². The molecule has 4 rings (SSSR count). The Morgan fingerprint density at radius 3 is 2.24 bits per heavy atom. The van der Waals surface area contributed by atoms with Gasteiger partial charge in [-0.2, -0.15) is 0 Å². The van der Waals surface area contributed by atoms with Crippen molar-refractivity contribution in [2.75, 3.05) is 13.1 Å². The highest BCUT2D eigenvalue weighted by Gasteiger charge is 2.42. The van der Waals surface area contributed by atoms with E-state index in [1.807, 2.05) is 30.3 Å². The molecule has 2 unspecified atom stereocenters. The molecule has 1 saturated heterocycles. The molecule has 0 bridgehead atoms. The van der Waals surface area contributed by atoms with Crippen molar-refractivity contribution in [3.05, 3.63) is 60.2 Å². The minimum Gasteiger partial charge on any atom is -0.480 e. The smallest absolute Gasteiger partial charge is 0.326 e.